The number of piperidine rings is 1. The number of aliphatic hydroxyl groups is 1. The first-order valence-corrected chi connectivity index (χ1v) is 5.78. The van der Waals surface area contributed by atoms with E-state index < -0.39 is 0 Å². The van der Waals surface area contributed by atoms with E-state index in [1.807, 2.05) is 0 Å². The van der Waals surface area contributed by atoms with Crippen LogP contribution in [0.25, 0.3) is 0 Å². The summed E-state index contributed by atoms with van der Waals surface area (Å²) in [6.07, 6.45) is 9.25. The van der Waals surface area contributed by atoms with Gasteiger partial charge in [-0.05, 0) is 45.1 Å². The predicted molar refractivity (Wildman–Crippen MR) is 53.7 cm³/mol. The van der Waals surface area contributed by atoms with Gasteiger partial charge in [0.15, 0.2) is 0 Å². The molecule has 2 aliphatic heterocycles. The van der Waals surface area contributed by atoms with Crippen LogP contribution >= 0.6 is 0 Å². The monoisotopic (exact) mass is 183 g/mol. The first kappa shape index (κ1) is 9.47. The molecule has 0 radical (unpaired) electrons. The molecule has 76 valence electrons. The van der Waals surface area contributed by atoms with Crippen LogP contribution in [0.15, 0.2) is 0 Å². The number of aliphatic hydroxyl groups excluding tert-OH is 1. The van der Waals surface area contributed by atoms with Crippen molar-refractivity contribution in [2.45, 2.75) is 57.0 Å². The highest BCUT2D eigenvalue weighted by Crippen LogP contribution is 2.32. The van der Waals surface area contributed by atoms with Gasteiger partial charge in [-0.25, -0.2) is 0 Å². The molecule has 2 aliphatic rings. The summed E-state index contributed by atoms with van der Waals surface area (Å²) in [5, 5.41) is 8.82. The zero-order chi connectivity index (χ0) is 9.10. The van der Waals surface area contributed by atoms with Crippen molar-refractivity contribution in [1.82, 2.24) is 4.90 Å². The lowest BCUT2D eigenvalue weighted by Crippen LogP contribution is -2.42. The molecule has 2 heterocycles. The molecule has 2 fully saturated rings. The molecule has 0 aromatic carbocycles. The minimum Gasteiger partial charge on any atom is -0.396 e. The largest absolute Gasteiger partial charge is 0.396 e. The molecule has 0 aliphatic carbocycles. The van der Waals surface area contributed by atoms with Gasteiger partial charge in [-0.15, -0.1) is 0 Å². The van der Waals surface area contributed by atoms with Gasteiger partial charge in [0.25, 0.3) is 0 Å². The maximum atomic E-state index is 8.82. The van der Waals surface area contributed by atoms with Crippen molar-refractivity contribution in [3.63, 3.8) is 0 Å². The first-order valence-electron chi connectivity index (χ1n) is 5.78. The molecule has 2 saturated heterocycles. The van der Waals surface area contributed by atoms with E-state index >= 15 is 0 Å². The van der Waals surface area contributed by atoms with Crippen molar-refractivity contribution in [3.05, 3.63) is 0 Å². The second-order valence-electron chi connectivity index (χ2n) is 4.48. The van der Waals surface area contributed by atoms with Gasteiger partial charge >= 0.3 is 0 Å². The molecule has 2 nitrogen and oxygen atoms in total. The van der Waals surface area contributed by atoms with E-state index in [1.54, 1.807) is 0 Å². The molecule has 0 unspecified atom stereocenters. The van der Waals surface area contributed by atoms with Crippen molar-refractivity contribution in [3.8, 4) is 0 Å². The number of rotatable bonds is 3. The van der Waals surface area contributed by atoms with Crippen LogP contribution in [0.4, 0.5) is 0 Å². The molecule has 0 saturated carbocycles. The summed E-state index contributed by atoms with van der Waals surface area (Å²) in [5.74, 6) is 0. The highest BCUT2D eigenvalue weighted by molar-refractivity contribution is 4.88. The lowest BCUT2D eigenvalue weighted by Gasteiger charge is -2.37. The van der Waals surface area contributed by atoms with Crippen LogP contribution in [0.2, 0.25) is 0 Å². The lowest BCUT2D eigenvalue weighted by atomic mass is 9.94. The maximum absolute atomic E-state index is 8.82. The summed E-state index contributed by atoms with van der Waals surface area (Å²) in [6, 6.07) is 1.70. The normalized spacial score (nSPS) is 34.8. The van der Waals surface area contributed by atoms with E-state index in [9.17, 15) is 0 Å². The van der Waals surface area contributed by atoms with Gasteiger partial charge in [0, 0.05) is 18.7 Å². The third kappa shape index (κ3) is 2.05. The van der Waals surface area contributed by atoms with Crippen LogP contribution in [-0.4, -0.2) is 35.2 Å². The van der Waals surface area contributed by atoms with Crippen LogP contribution in [-0.2, 0) is 0 Å². The zero-order valence-electron chi connectivity index (χ0n) is 8.41. The van der Waals surface area contributed by atoms with E-state index in [-0.39, 0.29) is 0 Å². The second-order valence-corrected chi connectivity index (χ2v) is 4.48. The molecule has 0 aromatic heterocycles. The van der Waals surface area contributed by atoms with Crippen LogP contribution in [0, 0.1) is 0 Å². The Morgan fingerprint density at radius 3 is 2.85 bits per heavy atom. The summed E-state index contributed by atoms with van der Waals surface area (Å²) in [5.41, 5.74) is 0. The topological polar surface area (TPSA) is 23.5 Å². The molecule has 2 heteroatoms. The number of fused-ring (bicyclic) bond motifs is 1. The highest BCUT2D eigenvalue weighted by atomic mass is 16.2. The molecule has 2 rings (SSSR count). The fourth-order valence-electron chi connectivity index (χ4n) is 3.04. The van der Waals surface area contributed by atoms with Gasteiger partial charge in [-0.1, -0.05) is 6.42 Å². The molecule has 0 amide bonds. The van der Waals surface area contributed by atoms with Crippen molar-refractivity contribution >= 4 is 0 Å². The Morgan fingerprint density at radius 1 is 1.15 bits per heavy atom. The standard InChI is InChI=1S/C11H21NO/c13-9-3-7-11-5-1-4-10-6-2-8-12(10)11/h10-11,13H,1-9H2/t10-,11-/m1/s1. The minimum absolute atomic E-state index is 0.370. The lowest BCUT2D eigenvalue weighted by molar-refractivity contribution is 0.109. The fraction of sp³-hybridized carbons (Fsp3) is 1.00. The van der Waals surface area contributed by atoms with E-state index in [2.05, 4.69) is 4.90 Å². The third-order valence-corrected chi connectivity index (χ3v) is 3.66. The third-order valence-electron chi connectivity index (χ3n) is 3.66. The van der Waals surface area contributed by atoms with Gasteiger partial charge in [-0.3, -0.25) is 4.90 Å². The molecule has 0 aromatic rings. The molecule has 0 spiro atoms. The molecule has 13 heavy (non-hydrogen) atoms. The van der Waals surface area contributed by atoms with Gasteiger partial charge < -0.3 is 5.11 Å². The van der Waals surface area contributed by atoms with Crippen LogP contribution < -0.4 is 0 Å². The van der Waals surface area contributed by atoms with Crippen molar-refractivity contribution in [2.24, 2.45) is 0 Å². The van der Waals surface area contributed by atoms with Gasteiger partial charge in [0.2, 0.25) is 0 Å². The Hall–Kier alpha value is -0.0800. The van der Waals surface area contributed by atoms with Crippen molar-refractivity contribution in [1.29, 1.82) is 0 Å². The van der Waals surface area contributed by atoms with Crippen LogP contribution in [0.1, 0.15) is 44.9 Å². The van der Waals surface area contributed by atoms with E-state index in [4.69, 9.17) is 5.11 Å². The first-order chi connectivity index (χ1) is 6.42. The Morgan fingerprint density at radius 2 is 2.00 bits per heavy atom. The number of hydrogen-bond acceptors (Lipinski definition) is 2. The fourth-order valence-corrected chi connectivity index (χ4v) is 3.04. The van der Waals surface area contributed by atoms with Crippen molar-refractivity contribution in [2.75, 3.05) is 13.2 Å². The van der Waals surface area contributed by atoms with Gasteiger partial charge in [0.1, 0.15) is 0 Å². The predicted octanol–water partition coefficient (Wildman–Crippen LogP) is 1.78. The zero-order valence-corrected chi connectivity index (χ0v) is 8.41. The smallest absolute Gasteiger partial charge is 0.0431 e. The van der Waals surface area contributed by atoms with E-state index in [0.717, 1.165) is 18.5 Å². The van der Waals surface area contributed by atoms with E-state index in [0.29, 0.717) is 6.61 Å². The van der Waals surface area contributed by atoms with Gasteiger partial charge in [-0.2, -0.15) is 0 Å². The summed E-state index contributed by atoms with van der Waals surface area (Å²) in [6.45, 7) is 1.69. The highest BCUT2D eigenvalue weighted by Gasteiger charge is 2.32. The number of hydrogen-bond donors (Lipinski definition) is 1. The Bertz CT molecular complexity index is 160. The van der Waals surface area contributed by atoms with Gasteiger partial charge in [0.05, 0.1) is 0 Å². The SMILES string of the molecule is OCCC[C@H]1CCC[C@@H]2CCCN21. The average molecular weight is 183 g/mol. The molecule has 2 atom stereocenters. The average Bonchev–Trinajstić information content (AvgIpc) is 2.62. The number of nitrogens with zero attached hydrogens (tertiary/aromatic N) is 1. The Kier molecular flexibility index (Phi) is 3.23. The maximum Gasteiger partial charge on any atom is 0.0431 e. The molecular weight excluding hydrogens is 162 g/mol. The Balaban J connectivity index is 1.86. The summed E-state index contributed by atoms with van der Waals surface area (Å²) >= 11 is 0. The quantitative estimate of drug-likeness (QED) is 0.721. The molecule has 1 N–H and O–H groups in total. The summed E-state index contributed by atoms with van der Waals surface area (Å²) in [4.78, 5) is 2.71. The van der Waals surface area contributed by atoms with Crippen LogP contribution in [0.3, 0.4) is 0 Å². The van der Waals surface area contributed by atoms with E-state index in [1.165, 1.54) is 45.1 Å². The minimum atomic E-state index is 0.370. The second kappa shape index (κ2) is 4.43. The van der Waals surface area contributed by atoms with Crippen LogP contribution in [0.5, 0.6) is 0 Å². The molecule has 0 bridgehead atoms. The molecular formula is C11H21NO. The Labute approximate surface area is 80.9 Å². The van der Waals surface area contributed by atoms with Crippen molar-refractivity contribution < 1.29 is 5.11 Å². The summed E-state index contributed by atoms with van der Waals surface area (Å²) in [7, 11) is 0. The summed E-state index contributed by atoms with van der Waals surface area (Å²) < 4.78 is 0.